The van der Waals surface area contributed by atoms with Gasteiger partial charge in [0, 0.05) is 18.4 Å². The van der Waals surface area contributed by atoms with Gasteiger partial charge in [-0.15, -0.1) is 0 Å². The zero-order valence-corrected chi connectivity index (χ0v) is 9.86. The lowest BCUT2D eigenvalue weighted by Gasteiger charge is -2.26. The van der Waals surface area contributed by atoms with Crippen LogP contribution in [0, 0.1) is 6.92 Å². The number of aryl methyl sites for hydroxylation is 1. The van der Waals surface area contributed by atoms with Gasteiger partial charge in [0.2, 0.25) is 0 Å². The fraction of sp³-hybridized carbons (Fsp3) is 0.615. The van der Waals surface area contributed by atoms with E-state index in [1.165, 1.54) is 12.0 Å². The Labute approximate surface area is 97.0 Å². The van der Waals surface area contributed by atoms with E-state index in [-0.39, 0.29) is 0 Å². The predicted molar refractivity (Wildman–Crippen MR) is 64.0 cm³/mol. The van der Waals surface area contributed by atoms with Crippen molar-refractivity contribution in [3.8, 4) is 0 Å². The topological polar surface area (TPSA) is 48.1 Å². The number of pyridine rings is 1. The molecular weight excluding hydrogens is 200 g/mol. The van der Waals surface area contributed by atoms with Gasteiger partial charge in [0.05, 0.1) is 12.7 Å². The summed E-state index contributed by atoms with van der Waals surface area (Å²) in [7, 11) is 0. The van der Waals surface area contributed by atoms with E-state index in [9.17, 15) is 0 Å². The molecule has 2 N–H and O–H groups in total. The van der Waals surface area contributed by atoms with Crippen LogP contribution in [0.15, 0.2) is 18.5 Å². The third-order valence-electron chi connectivity index (χ3n) is 3.08. The van der Waals surface area contributed by atoms with Crippen LogP contribution in [0.3, 0.4) is 0 Å². The quantitative estimate of drug-likeness (QED) is 0.849. The second-order valence-corrected chi connectivity index (χ2v) is 4.73. The summed E-state index contributed by atoms with van der Waals surface area (Å²) in [6.45, 7) is 2.71. The molecule has 1 heterocycles. The van der Waals surface area contributed by atoms with Crippen molar-refractivity contribution in [3.05, 3.63) is 29.6 Å². The van der Waals surface area contributed by atoms with E-state index < -0.39 is 0 Å². The molecule has 1 aromatic rings. The molecule has 0 aliphatic heterocycles. The molecule has 1 aliphatic rings. The Balaban J connectivity index is 1.82. The number of rotatable bonds is 3. The van der Waals surface area contributed by atoms with E-state index >= 15 is 0 Å². The number of hydrogen-bond acceptors (Lipinski definition) is 3. The van der Waals surface area contributed by atoms with Crippen LogP contribution in [0.4, 0.5) is 0 Å². The van der Waals surface area contributed by atoms with Crippen LogP contribution in [-0.4, -0.2) is 17.1 Å². The molecule has 3 nitrogen and oxygen atoms in total. The molecule has 1 aromatic heterocycles. The van der Waals surface area contributed by atoms with Crippen LogP contribution in [0.5, 0.6) is 0 Å². The molecule has 2 unspecified atom stereocenters. The SMILES string of the molecule is Cc1cncc(COC2CCCC(N)C2)c1. The Morgan fingerprint density at radius 3 is 3.06 bits per heavy atom. The van der Waals surface area contributed by atoms with Crippen molar-refractivity contribution in [2.45, 2.75) is 51.4 Å². The Morgan fingerprint density at radius 1 is 1.44 bits per heavy atom. The molecule has 0 saturated heterocycles. The molecule has 88 valence electrons. The van der Waals surface area contributed by atoms with Gasteiger partial charge in [0.25, 0.3) is 0 Å². The number of aromatic nitrogens is 1. The fourth-order valence-corrected chi connectivity index (χ4v) is 2.24. The minimum atomic E-state index is 0.328. The van der Waals surface area contributed by atoms with E-state index in [0.29, 0.717) is 18.8 Å². The highest BCUT2D eigenvalue weighted by molar-refractivity contribution is 5.15. The lowest BCUT2D eigenvalue weighted by atomic mass is 9.93. The lowest BCUT2D eigenvalue weighted by molar-refractivity contribution is 0.0121. The maximum atomic E-state index is 5.93. The molecule has 16 heavy (non-hydrogen) atoms. The zero-order chi connectivity index (χ0) is 11.4. The second-order valence-electron chi connectivity index (χ2n) is 4.73. The van der Waals surface area contributed by atoms with Gasteiger partial charge in [-0.3, -0.25) is 4.98 Å². The monoisotopic (exact) mass is 220 g/mol. The van der Waals surface area contributed by atoms with Crippen molar-refractivity contribution in [1.29, 1.82) is 0 Å². The normalized spacial score (nSPS) is 25.6. The summed E-state index contributed by atoms with van der Waals surface area (Å²) >= 11 is 0. The second kappa shape index (κ2) is 5.41. The van der Waals surface area contributed by atoms with Gasteiger partial charge in [-0.25, -0.2) is 0 Å². The van der Waals surface area contributed by atoms with E-state index in [1.54, 1.807) is 0 Å². The summed E-state index contributed by atoms with van der Waals surface area (Å²) in [5.74, 6) is 0. The maximum Gasteiger partial charge on any atom is 0.0735 e. The number of nitrogens with zero attached hydrogens (tertiary/aromatic N) is 1. The molecule has 0 spiro atoms. The molecule has 0 bridgehead atoms. The van der Waals surface area contributed by atoms with E-state index in [0.717, 1.165) is 24.8 Å². The first kappa shape index (κ1) is 11.6. The largest absolute Gasteiger partial charge is 0.373 e. The molecule has 0 amide bonds. The van der Waals surface area contributed by atoms with Crippen LogP contribution >= 0.6 is 0 Å². The summed E-state index contributed by atoms with van der Waals surface area (Å²) < 4.78 is 5.87. The average molecular weight is 220 g/mol. The molecule has 1 aliphatic carbocycles. The van der Waals surface area contributed by atoms with Crippen LogP contribution in [0.25, 0.3) is 0 Å². The molecule has 3 heteroatoms. The van der Waals surface area contributed by atoms with Crippen molar-refractivity contribution in [2.24, 2.45) is 5.73 Å². The minimum absolute atomic E-state index is 0.328. The van der Waals surface area contributed by atoms with Gasteiger partial charge in [0.1, 0.15) is 0 Å². The summed E-state index contributed by atoms with van der Waals surface area (Å²) in [5, 5.41) is 0. The van der Waals surface area contributed by atoms with Crippen molar-refractivity contribution in [1.82, 2.24) is 4.98 Å². The highest BCUT2D eigenvalue weighted by Crippen LogP contribution is 2.20. The number of nitrogens with two attached hydrogens (primary N) is 1. The van der Waals surface area contributed by atoms with Gasteiger partial charge in [-0.1, -0.05) is 6.07 Å². The summed E-state index contributed by atoms with van der Waals surface area (Å²) in [5.41, 5.74) is 8.26. The number of hydrogen-bond donors (Lipinski definition) is 1. The van der Waals surface area contributed by atoms with Gasteiger partial charge >= 0.3 is 0 Å². The highest BCUT2D eigenvalue weighted by atomic mass is 16.5. The first-order chi connectivity index (χ1) is 7.74. The summed E-state index contributed by atoms with van der Waals surface area (Å²) in [4.78, 5) is 4.16. The van der Waals surface area contributed by atoms with Gasteiger partial charge in [-0.05, 0) is 43.7 Å². The average Bonchev–Trinajstić information content (AvgIpc) is 2.27. The van der Waals surface area contributed by atoms with Gasteiger partial charge < -0.3 is 10.5 Å². The molecule has 1 saturated carbocycles. The van der Waals surface area contributed by atoms with E-state index in [2.05, 4.69) is 11.1 Å². The Morgan fingerprint density at radius 2 is 2.31 bits per heavy atom. The summed E-state index contributed by atoms with van der Waals surface area (Å²) in [6, 6.07) is 2.45. The van der Waals surface area contributed by atoms with Crippen LogP contribution in [-0.2, 0) is 11.3 Å². The van der Waals surface area contributed by atoms with Crippen molar-refractivity contribution >= 4 is 0 Å². The molecule has 2 rings (SSSR count). The molecule has 0 radical (unpaired) electrons. The van der Waals surface area contributed by atoms with Crippen LogP contribution in [0.1, 0.15) is 36.8 Å². The standard InChI is InChI=1S/C13H20N2O/c1-10-5-11(8-15-7-10)9-16-13-4-2-3-12(14)6-13/h5,7-8,12-13H,2-4,6,9,14H2,1H3. The third-order valence-corrected chi connectivity index (χ3v) is 3.08. The Kier molecular flexibility index (Phi) is 3.91. The highest BCUT2D eigenvalue weighted by Gasteiger charge is 2.19. The first-order valence-corrected chi connectivity index (χ1v) is 6.02. The van der Waals surface area contributed by atoms with Crippen LogP contribution < -0.4 is 5.73 Å². The summed E-state index contributed by atoms with van der Waals surface area (Å²) in [6.07, 6.45) is 8.55. The fourth-order valence-electron chi connectivity index (χ4n) is 2.24. The third kappa shape index (κ3) is 3.29. The number of ether oxygens (including phenoxy) is 1. The van der Waals surface area contributed by atoms with Crippen molar-refractivity contribution < 1.29 is 4.74 Å². The van der Waals surface area contributed by atoms with Crippen LogP contribution in [0.2, 0.25) is 0 Å². The maximum absolute atomic E-state index is 5.93. The Bertz CT molecular complexity index is 340. The lowest BCUT2D eigenvalue weighted by Crippen LogP contribution is -2.32. The van der Waals surface area contributed by atoms with Gasteiger partial charge in [0.15, 0.2) is 0 Å². The molecule has 2 atom stereocenters. The first-order valence-electron chi connectivity index (χ1n) is 6.02. The smallest absolute Gasteiger partial charge is 0.0735 e. The minimum Gasteiger partial charge on any atom is -0.373 e. The predicted octanol–water partition coefficient (Wildman–Crippen LogP) is 2.18. The molecular formula is C13H20N2O. The van der Waals surface area contributed by atoms with Gasteiger partial charge in [-0.2, -0.15) is 0 Å². The Hall–Kier alpha value is -0.930. The van der Waals surface area contributed by atoms with E-state index in [1.807, 2.05) is 19.3 Å². The molecule has 1 fully saturated rings. The zero-order valence-electron chi connectivity index (χ0n) is 9.86. The van der Waals surface area contributed by atoms with Crippen molar-refractivity contribution in [2.75, 3.05) is 0 Å². The van der Waals surface area contributed by atoms with E-state index in [4.69, 9.17) is 10.5 Å². The van der Waals surface area contributed by atoms with Crippen molar-refractivity contribution in [3.63, 3.8) is 0 Å². The molecule has 0 aromatic carbocycles.